The molecule has 0 aliphatic carbocycles. The van der Waals surface area contributed by atoms with E-state index in [1.165, 1.54) is 4.90 Å². The van der Waals surface area contributed by atoms with Crippen molar-refractivity contribution in [3.63, 3.8) is 0 Å². The maximum absolute atomic E-state index is 5.85. The smallest absolute Gasteiger partial charge is 0.0406 e. The van der Waals surface area contributed by atoms with Crippen molar-refractivity contribution in [3.8, 4) is 0 Å². The van der Waals surface area contributed by atoms with Crippen LogP contribution in [0.4, 0.5) is 0 Å². The summed E-state index contributed by atoms with van der Waals surface area (Å²) in [6, 6.07) is 8.02. The third-order valence-electron chi connectivity index (χ3n) is 2.07. The Labute approximate surface area is 108 Å². The minimum atomic E-state index is 0.189. The normalized spacial score (nSPS) is 13.8. The second-order valence-electron chi connectivity index (χ2n) is 5.01. The SMILES string of the molecule is CC(CNC(C)(C)C)Sc1ccc(Cl)cc1. The lowest BCUT2D eigenvalue weighted by atomic mass is 10.1. The Bertz CT molecular complexity index is 316. The Balaban J connectivity index is 2.39. The summed E-state index contributed by atoms with van der Waals surface area (Å²) in [5.74, 6) is 0. The van der Waals surface area contributed by atoms with Crippen LogP contribution < -0.4 is 5.32 Å². The van der Waals surface area contributed by atoms with Gasteiger partial charge in [0.2, 0.25) is 0 Å². The standard InChI is InChI=1S/C13H20ClNS/c1-10(9-15-13(2,3)4)16-12-7-5-11(14)6-8-12/h5-8,10,15H,9H2,1-4H3. The largest absolute Gasteiger partial charge is 0.311 e. The molecule has 1 nitrogen and oxygen atoms in total. The van der Waals surface area contributed by atoms with Gasteiger partial charge in [-0.2, -0.15) is 0 Å². The van der Waals surface area contributed by atoms with Crippen LogP contribution in [-0.4, -0.2) is 17.3 Å². The van der Waals surface area contributed by atoms with Crippen LogP contribution in [-0.2, 0) is 0 Å². The van der Waals surface area contributed by atoms with Crippen LogP contribution in [0.15, 0.2) is 29.2 Å². The molecule has 1 aromatic carbocycles. The van der Waals surface area contributed by atoms with Crippen LogP contribution in [0.2, 0.25) is 5.02 Å². The summed E-state index contributed by atoms with van der Waals surface area (Å²) in [4.78, 5) is 1.27. The van der Waals surface area contributed by atoms with Gasteiger partial charge in [-0.15, -0.1) is 11.8 Å². The van der Waals surface area contributed by atoms with Crippen LogP contribution in [0.5, 0.6) is 0 Å². The molecule has 16 heavy (non-hydrogen) atoms. The quantitative estimate of drug-likeness (QED) is 0.811. The minimum absolute atomic E-state index is 0.189. The Morgan fingerprint density at radius 3 is 2.31 bits per heavy atom. The molecule has 1 aromatic rings. The van der Waals surface area contributed by atoms with Crippen molar-refractivity contribution in [2.45, 2.75) is 43.4 Å². The predicted molar refractivity (Wildman–Crippen MR) is 74.5 cm³/mol. The summed E-state index contributed by atoms with van der Waals surface area (Å²) in [5, 5.41) is 4.86. The van der Waals surface area contributed by atoms with E-state index in [9.17, 15) is 0 Å². The molecule has 0 saturated heterocycles. The molecular formula is C13H20ClNS. The molecule has 0 radical (unpaired) electrons. The van der Waals surface area contributed by atoms with Gasteiger partial charge < -0.3 is 5.32 Å². The third-order valence-corrected chi connectivity index (χ3v) is 3.44. The lowest BCUT2D eigenvalue weighted by Crippen LogP contribution is -2.39. The van der Waals surface area contributed by atoms with Gasteiger partial charge in [-0.3, -0.25) is 0 Å². The van der Waals surface area contributed by atoms with Crippen LogP contribution in [0.3, 0.4) is 0 Å². The summed E-state index contributed by atoms with van der Waals surface area (Å²) in [6.45, 7) is 9.81. The molecule has 0 amide bonds. The maximum Gasteiger partial charge on any atom is 0.0406 e. The molecule has 0 aliphatic heterocycles. The first kappa shape index (κ1) is 13.9. The van der Waals surface area contributed by atoms with E-state index < -0.39 is 0 Å². The van der Waals surface area contributed by atoms with Crippen LogP contribution in [0.1, 0.15) is 27.7 Å². The zero-order valence-electron chi connectivity index (χ0n) is 10.4. The van der Waals surface area contributed by atoms with E-state index in [1.54, 1.807) is 0 Å². The monoisotopic (exact) mass is 257 g/mol. The van der Waals surface area contributed by atoms with Gasteiger partial charge in [0.25, 0.3) is 0 Å². The van der Waals surface area contributed by atoms with Gasteiger partial charge >= 0.3 is 0 Å². The van der Waals surface area contributed by atoms with Gasteiger partial charge in [-0.25, -0.2) is 0 Å². The van der Waals surface area contributed by atoms with Gasteiger partial charge in [-0.05, 0) is 45.0 Å². The van der Waals surface area contributed by atoms with E-state index in [1.807, 2.05) is 23.9 Å². The van der Waals surface area contributed by atoms with Crippen LogP contribution >= 0.6 is 23.4 Å². The molecule has 0 aromatic heterocycles. The zero-order valence-corrected chi connectivity index (χ0v) is 12.0. The second-order valence-corrected chi connectivity index (χ2v) is 6.96. The highest BCUT2D eigenvalue weighted by atomic mass is 35.5. The maximum atomic E-state index is 5.85. The van der Waals surface area contributed by atoms with Crippen molar-refractivity contribution >= 4 is 23.4 Å². The molecule has 1 N–H and O–H groups in total. The molecule has 0 aliphatic rings. The van der Waals surface area contributed by atoms with Gasteiger partial charge in [-0.1, -0.05) is 18.5 Å². The summed E-state index contributed by atoms with van der Waals surface area (Å²) in [6.07, 6.45) is 0. The topological polar surface area (TPSA) is 12.0 Å². The molecule has 3 heteroatoms. The molecule has 1 atom stereocenters. The number of thioether (sulfide) groups is 1. The van der Waals surface area contributed by atoms with Crippen molar-refractivity contribution in [2.24, 2.45) is 0 Å². The van der Waals surface area contributed by atoms with Crippen molar-refractivity contribution in [1.82, 2.24) is 5.32 Å². The molecule has 0 heterocycles. The number of benzene rings is 1. The van der Waals surface area contributed by atoms with E-state index >= 15 is 0 Å². The lowest BCUT2D eigenvalue weighted by molar-refractivity contribution is 0.429. The minimum Gasteiger partial charge on any atom is -0.311 e. The van der Waals surface area contributed by atoms with Gasteiger partial charge in [0.15, 0.2) is 0 Å². The van der Waals surface area contributed by atoms with Gasteiger partial charge in [0, 0.05) is 27.3 Å². The fourth-order valence-electron chi connectivity index (χ4n) is 1.24. The number of nitrogens with one attached hydrogen (secondary N) is 1. The summed E-state index contributed by atoms with van der Waals surface area (Å²) in [5.41, 5.74) is 0.189. The average Bonchev–Trinajstić information content (AvgIpc) is 2.18. The first-order chi connectivity index (χ1) is 7.37. The van der Waals surface area contributed by atoms with Gasteiger partial charge in [0.1, 0.15) is 0 Å². The molecule has 0 saturated carbocycles. The average molecular weight is 258 g/mol. The Kier molecular flexibility index (Phi) is 5.16. The van der Waals surface area contributed by atoms with Crippen molar-refractivity contribution in [3.05, 3.63) is 29.3 Å². The molecular weight excluding hydrogens is 238 g/mol. The van der Waals surface area contributed by atoms with Crippen molar-refractivity contribution in [1.29, 1.82) is 0 Å². The highest BCUT2D eigenvalue weighted by Gasteiger charge is 2.11. The summed E-state index contributed by atoms with van der Waals surface area (Å²) >= 11 is 7.72. The van der Waals surface area contributed by atoms with E-state index in [4.69, 9.17) is 11.6 Å². The third kappa shape index (κ3) is 5.78. The van der Waals surface area contributed by atoms with Crippen LogP contribution in [0.25, 0.3) is 0 Å². The number of hydrogen-bond acceptors (Lipinski definition) is 2. The fraction of sp³-hybridized carbons (Fsp3) is 0.538. The van der Waals surface area contributed by atoms with Crippen molar-refractivity contribution in [2.75, 3.05) is 6.54 Å². The van der Waals surface area contributed by atoms with E-state index in [0.717, 1.165) is 11.6 Å². The molecule has 0 bridgehead atoms. The highest BCUT2D eigenvalue weighted by Crippen LogP contribution is 2.24. The molecule has 90 valence electrons. The van der Waals surface area contributed by atoms with E-state index in [2.05, 4.69) is 45.1 Å². The summed E-state index contributed by atoms with van der Waals surface area (Å²) in [7, 11) is 0. The molecule has 0 fully saturated rings. The second kappa shape index (κ2) is 5.95. The Hall–Kier alpha value is -0.180. The fourth-order valence-corrected chi connectivity index (χ4v) is 2.29. The number of rotatable bonds is 4. The predicted octanol–water partition coefficient (Wildman–Crippen LogP) is 4.21. The van der Waals surface area contributed by atoms with E-state index in [-0.39, 0.29) is 5.54 Å². The first-order valence-electron chi connectivity index (χ1n) is 5.54. The highest BCUT2D eigenvalue weighted by molar-refractivity contribution is 8.00. The first-order valence-corrected chi connectivity index (χ1v) is 6.80. The molecule has 0 spiro atoms. The van der Waals surface area contributed by atoms with Crippen molar-refractivity contribution < 1.29 is 0 Å². The van der Waals surface area contributed by atoms with Gasteiger partial charge in [0.05, 0.1) is 0 Å². The lowest BCUT2D eigenvalue weighted by Gasteiger charge is -2.23. The molecule has 1 rings (SSSR count). The number of halogens is 1. The summed E-state index contributed by atoms with van der Waals surface area (Å²) < 4.78 is 0. The molecule has 1 unspecified atom stereocenters. The van der Waals surface area contributed by atoms with Crippen LogP contribution in [0, 0.1) is 0 Å². The Morgan fingerprint density at radius 1 is 1.25 bits per heavy atom. The number of hydrogen-bond donors (Lipinski definition) is 1. The Morgan fingerprint density at radius 2 is 1.81 bits per heavy atom. The zero-order chi connectivity index (χ0) is 12.2. The van der Waals surface area contributed by atoms with E-state index in [0.29, 0.717) is 5.25 Å².